The Kier molecular flexibility index (Phi) is 5.66. The summed E-state index contributed by atoms with van der Waals surface area (Å²) in [7, 11) is 0. The largest absolute Gasteiger partial charge is 0.457 e. The molecule has 2 amide bonds. The van der Waals surface area contributed by atoms with E-state index in [-0.39, 0.29) is 22.7 Å². The molecule has 34 heavy (non-hydrogen) atoms. The van der Waals surface area contributed by atoms with Crippen LogP contribution >= 0.6 is 22.9 Å². The number of nitrogens with one attached hydrogen (secondary N) is 2. The number of carbonyl (C=O) groups excluding carboxylic acids is 2. The monoisotopic (exact) mass is 502 g/mol. The van der Waals surface area contributed by atoms with Crippen molar-refractivity contribution in [2.75, 3.05) is 18.5 Å². The molecule has 2 N–H and O–H groups in total. The Morgan fingerprint density at radius 2 is 2.18 bits per heavy atom. The summed E-state index contributed by atoms with van der Waals surface area (Å²) in [6, 6.07) is 7.55. The van der Waals surface area contributed by atoms with Crippen LogP contribution in [0.4, 0.5) is 15.5 Å². The summed E-state index contributed by atoms with van der Waals surface area (Å²) in [4.78, 5) is 38.1. The Morgan fingerprint density at radius 3 is 2.91 bits per heavy atom. The molecule has 0 radical (unpaired) electrons. The third-order valence-corrected chi connectivity index (χ3v) is 7.16. The first kappa shape index (κ1) is 22.2. The number of furan rings is 1. The number of hydrogen-bond acceptors (Lipinski definition) is 8. The fourth-order valence-electron chi connectivity index (χ4n) is 4.10. The van der Waals surface area contributed by atoms with Crippen molar-refractivity contribution in [2.45, 2.75) is 26.1 Å². The van der Waals surface area contributed by atoms with E-state index in [0.29, 0.717) is 48.8 Å². The summed E-state index contributed by atoms with van der Waals surface area (Å²) < 4.78 is 11.0. The van der Waals surface area contributed by atoms with Crippen molar-refractivity contribution in [2.24, 2.45) is 0 Å². The van der Waals surface area contributed by atoms with Gasteiger partial charge in [-0.3, -0.25) is 14.9 Å². The summed E-state index contributed by atoms with van der Waals surface area (Å²) in [5, 5.41) is 18.1. The van der Waals surface area contributed by atoms with E-state index in [1.165, 1.54) is 29.5 Å². The first-order valence-electron chi connectivity index (χ1n) is 10.5. The van der Waals surface area contributed by atoms with Gasteiger partial charge in [0.25, 0.3) is 11.6 Å². The molecular formula is C22H19ClN4O6S. The number of anilines is 1. The van der Waals surface area contributed by atoms with Gasteiger partial charge in [-0.1, -0.05) is 11.6 Å². The third-order valence-electron chi connectivity index (χ3n) is 5.70. The van der Waals surface area contributed by atoms with E-state index in [1.54, 1.807) is 24.0 Å². The highest BCUT2D eigenvalue weighted by Crippen LogP contribution is 2.41. The maximum absolute atomic E-state index is 13.0. The summed E-state index contributed by atoms with van der Waals surface area (Å²) in [5.41, 5.74) is 1.94. The van der Waals surface area contributed by atoms with Gasteiger partial charge in [-0.05, 0) is 37.1 Å². The maximum atomic E-state index is 13.0. The number of carbonyl (C=O) groups is 2. The second-order valence-corrected chi connectivity index (χ2v) is 9.26. The zero-order valence-electron chi connectivity index (χ0n) is 17.9. The van der Waals surface area contributed by atoms with Crippen molar-refractivity contribution in [3.8, 4) is 11.3 Å². The fraction of sp³-hybridized carbons (Fsp3) is 0.273. The Hall–Kier alpha value is -3.57. The number of hydrogen-bond donors (Lipinski definition) is 2. The van der Waals surface area contributed by atoms with Gasteiger partial charge in [0.15, 0.2) is 6.17 Å². The topological polar surface area (TPSA) is 127 Å². The molecule has 0 aliphatic carbocycles. The van der Waals surface area contributed by atoms with E-state index in [4.69, 9.17) is 20.8 Å². The highest BCUT2D eigenvalue weighted by Gasteiger charge is 2.35. The van der Waals surface area contributed by atoms with Crippen LogP contribution in [-0.2, 0) is 17.7 Å². The SMILES string of the molecule is CCOC(=O)N1CCc2c(sc3c2C(=O)NC(c2ccc(-c4ccc([N+](=O)[O-])cc4Cl)o2)N3)C1. The van der Waals surface area contributed by atoms with Gasteiger partial charge in [-0.2, -0.15) is 0 Å². The van der Waals surface area contributed by atoms with Crippen molar-refractivity contribution in [1.82, 2.24) is 10.2 Å². The van der Waals surface area contributed by atoms with Crippen molar-refractivity contribution < 1.29 is 23.7 Å². The molecular weight excluding hydrogens is 484 g/mol. The van der Waals surface area contributed by atoms with Gasteiger partial charge in [-0.15, -0.1) is 11.3 Å². The molecule has 176 valence electrons. The highest BCUT2D eigenvalue weighted by atomic mass is 35.5. The van der Waals surface area contributed by atoms with Crippen LogP contribution in [0.25, 0.3) is 11.3 Å². The average Bonchev–Trinajstić information content (AvgIpc) is 3.43. The van der Waals surface area contributed by atoms with Crippen LogP contribution < -0.4 is 10.6 Å². The van der Waals surface area contributed by atoms with Gasteiger partial charge in [0, 0.05) is 29.1 Å². The van der Waals surface area contributed by atoms with Crippen molar-refractivity contribution in [1.29, 1.82) is 0 Å². The maximum Gasteiger partial charge on any atom is 0.410 e. The summed E-state index contributed by atoms with van der Waals surface area (Å²) in [6.45, 7) is 2.96. The Balaban J connectivity index is 1.38. The molecule has 0 saturated carbocycles. The van der Waals surface area contributed by atoms with Crippen molar-refractivity contribution >= 4 is 45.6 Å². The smallest absolute Gasteiger partial charge is 0.410 e. The first-order chi connectivity index (χ1) is 16.4. The molecule has 2 aromatic heterocycles. The van der Waals surface area contributed by atoms with E-state index >= 15 is 0 Å². The van der Waals surface area contributed by atoms with Crippen LogP contribution in [0.3, 0.4) is 0 Å². The zero-order chi connectivity index (χ0) is 24.0. The minimum atomic E-state index is -0.605. The minimum absolute atomic E-state index is 0.113. The van der Waals surface area contributed by atoms with Gasteiger partial charge in [-0.25, -0.2) is 4.79 Å². The third kappa shape index (κ3) is 3.86. The number of benzene rings is 1. The van der Waals surface area contributed by atoms with E-state index in [1.807, 2.05) is 0 Å². The molecule has 2 aliphatic rings. The minimum Gasteiger partial charge on any atom is -0.457 e. The molecule has 0 bridgehead atoms. The molecule has 3 aromatic rings. The van der Waals surface area contributed by atoms with Crippen LogP contribution in [0.2, 0.25) is 5.02 Å². The summed E-state index contributed by atoms with van der Waals surface area (Å²) in [6.07, 6.45) is -0.391. The van der Waals surface area contributed by atoms with Crippen LogP contribution in [0.15, 0.2) is 34.7 Å². The lowest BCUT2D eigenvalue weighted by Crippen LogP contribution is -2.39. The first-order valence-corrected chi connectivity index (χ1v) is 11.7. The quantitative estimate of drug-likeness (QED) is 0.382. The molecule has 4 heterocycles. The highest BCUT2D eigenvalue weighted by molar-refractivity contribution is 7.16. The van der Waals surface area contributed by atoms with Gasteiger partial charge in [0.2, 0.25) is 0 Å². The molecule has 1 atom stereocenters. The van der Waals surface area contributed by atoms with Crippen molar-refractivity contribution in [3.05, 3.63) is 67.2 Å². The number of fused-ring (bicyclic) bond motifs is 3. The lowest BCUT2D eigenvalue weighted by molar-refractivity contribution is -0.384. The van der Waals surface area contributed by atoms with Crippen LogP contribution in [0.5, 0.6) is 0 Å². The number of thiophene rings is 1. The van der Waals surface area contributed by atoms with Crippen molar-refractivity contribution in [3.63, 3.8) is 0 Å². The zero-order valence-corrected chi connectivity index (χ0v) is 19.5. The lowest BCUT2D eigenvalue weighted by Gasteiger charge is -2.27. The average molecular weight is 503 g/mol. The molecule has 5 rings (SSSR count). The Morgan fingerprint density at radius 1 is 1.35 bits per heavy atom. The number of non-ortho nitro benzene ring substituents is 1. The molecule has 10 nitrogen and oxygen atoms in total. The van der Waals surface area contributed by atoms with Gasteiger partial charge in [0.05, 0.1) is 28.7 Å². The summed E-state index contributed by atoms with van der Waals surface area (Å²) >= 11 is 7.66. The molecule has 0 saturated heterocycles. The number of halogens is 1. The van der Waals surface area contributed by atoms with Gasteiger partial charge < -0.3 is 24.7 Å². The molecule has 1 aromatic carbocycles. The summed E-state index contributed by atoms with van der Waals surface area (Å²) in [5.74, 6) is 0.669. The normalized spacial score (nSPS) is 16.8. The molecule has 0 spiro atoms. The second-order valence-electron chi connectivity index (χ2n) is 7.75. The number of nitrogens with zero attached hydrogens (tertiary/aromatic N) is 2. The number of ether oxygens (including phenoxy) is 1. The number of nitro groups is 1. The van der Waals surface area contributed by atoms with Crippen LogP contribution in [0.1, 0.15) is 39.6 Å². The van der Waals surface area contributed by atoms with E-state index < -0.39 is 11.1 Å². The van der Waals surface area contributed by atoms with E-state index in [2.05, 4.69) is 10.6 Å². The Labute approximate surface area is 202 Å². The molecule has 2 aliphatic heterocycles. The van der Waals surface area contributed by atoms with E-state index in [9.17, 15) is 19.7 Å². The molecule has 12 heteroatoms. The van der Waals surface area contributed by atoms with Gasteiger partial charge >= 0.3 is 6.09 Å². The molecule has 0 fully saturated rings. The number of rotatable bonds is 4. The standard InChI is InChI=1S/C22H19ClN4O6S/c1-2-32-22(29)26-8-7-13-17(10-26)34-21-18(13)20(28)24-19(25-21)16-6-5-15(33-16)12-4-3-11(27(30)31)9-14(12)23/h3-6,9,19,25H,2,7-8,10H2,1H3,(H,24,28). The predicted octanol–water partition coefficient (Wildman–Crippen LogP) is 4.94. The number of amides is 2. The molecule has 1 unspecified atom stereocenters. The second kappa shape index (κ2) is 8.65. The lowest BCUT2D eigenvalue weighted by atomic mass is 10.0. The number of nitro benzene ring substituents is 1. The van der Waals surface area contributed by atoms with E-state index in [0.717, 1.165) is 15.4 Å². The predicted molar refractivity (Wildman–Crippen MR) is 125 cm³/mol. The van der Waals surface area contributed by atoms with Crippen LogP contribution in [0, 0.1) is 10.1 Å². The fourth-order valence-corrected chi connectivity index (χ4v) is 5.66. The van der Waals surface area contributed by atoms with Crippen LogP contribution in [-0.4, -0.2) is 35.0 Å². The Bertz CT molecular complexity index is 1320. The van der Waals surface area contributed by atoms with Gasteiger partial charge in [0.1, 0.15) is 16.5 Å².